The Balaban J connectivity index is 1.23. The van der Waals surface area contributed by atoms with Crippen molar-refractivity contribution in [3.05, 3.63) is 23.7 Å². The van der Waals surface area contributed by atoms with Gasteiger partial charge in [-0.1, -0.05) is 19.3 Å². The number of allylic oxidation sites excluding steroid dienone is 1. The van der Waals surface area contributed by atoms with Crippen molar-refractivity contribution in [3.8, 4) is 0 Å². The van der Waals surface area contributed by atoms with E-state index in [2.05, 4.69) is 10.3 Å². The number of carbonyl (C=O) groups is 2. The number of rotatable bonds is 7. The molecule has 1 N–H and O–H groups in total. The summed E-state index contributed by atoms with van der Waals surface area (Å²) in [6.07, 6.45) is 11.1. The molecule has 2 fully saturated rings. The minimum atomic E-state index is -0.468. The molecule has 0 radical (unpaired) electrons. The third-order valence-corrected chi connectivity index (χ3v) is 5.89. The lowest BCUT2D eigenvalue weighted by atomic mass is 9.93. The Morgan fingerprint density at radius 2 is 2.00 bits per heavy atom. The van der Waals surface area contributed by atoms with E-state index in [1.54, 1.807) is 17.1 Å². The summed E-state index contributed by atoms with van der Waals surface area (Å²) in [6.45, 7) is 0.681. The zero-order valence-electron chi connectivity index (χ0n) is 15.8. The number of nitrogens with one attached hydrogen (secondary N) is 1. The van der Waals surface area contributed by atoms with Crippen LogP contribution in [-0.4, -0.2) is 46.9 Å². The summed E-state index contributed by atoms with van der Waals surface area (Å²) in [5.74, 6) is 0.797. The highest BCUT2D eigenvalue weighted by molar-refractivity contribution is 7.80. The van der Waals surface area contributed by atoms with E-state index in [4.69, 9.17) is 21.7 Å². The van der Waals surface area contributed by atoms with Crippen molar-refractivity contribution in [1.29, 1.82) is 0 Å². The fraction of sp³-hybridized carbons (Fsp3) is 0.600. The number of aliphatic imine (C=N–C) groups is 1. The summed E-state index contributed by atoms with van der Waals surface area (Å²) in [6, 6.07) is 0.372. The first-order valence-electron chi connectivity index (χ1n) is 10.0. The van der Waals surface area contributed by atoms with Gasteiger partial charge in [0.05, 0.1) is 5.71 Å². The van der Waals surface area contributed by atoms with Gasteiger partial charge >= 0.3 is 0 Å². The van der Waals surface area contributed by atoms with Gasteiger partial charge in [0.15, 0.2) is 11.5 Å². The number of nitrogens with zero attached hydrogens (tertiary/aromatic N) is 2. The Morgan fingerprint density at radius 3 is 2.82 bits per heavy atom. The molecule has 1 unspecified atom stereocenters. The molecule has 150 valence electrons. The number of amides is 2. The van der Waals surface area contributed by atoms with E-state index in [9.17, 15) is 9.59 Å². The smallest absolute Gasteiger partial charge is 0.241 e. The van der Waals surface area contributed by atoms with Gasteiger partial charge in [0.2, 0.25) is 23.7 Å². The van der Waals surface area contributed by atoms with Crippen LogP contribution >= 0.6 is 12.2 Å². The molecule has 7 nitrogen and oxygen atoms in total. The predicted octanol–water partition coefficient (Wildman–Crippen LogP) is 2.58. The van der Waals surface area contributed by atoms with E-state index in [-0.39, 0.29) is 18.6 Å². The lowest BCUT2D eigenvalue weighted by molar-refractivity contribution is -0.128. The van der Waals surface area contributed by atoms with Crippen molar-refractivity contribution >= 4 is 34.9 Å². The minimum absolute atomic E-state index is 0.0766. The van der Waals surface area contributed by atoms with Crippen LogP contribution in [0.15, 0.2) is 28.7 Å². The van der Waals surface area contributed by atoms with Gasteiger partial charge in [-0.15, -0.1) is 0 Å². The van der Waals surface area contributed by atoms with Crippen LogP contribution in [0, 0.1) is 5.92 Å². The maximum atomic E-state index is 12.8. The zero-order valence-corrected chi connectivity index (χ0v) is 16.6. The number of hydrogen-bond acceptors (Lipinski definition) is 5. The van der Waals surface area contributed by atoms with Gasteiger partial charge in [0, 0.05) is 25.1 Å². The van der Waals surface area contributed by atoms with Gasteiger partial charge in [-0.25, -0.2) is 4.99 Å². The first-order valence-corrected chi connectivity index (χ1v) is 10.5. The van der Waals surface area contributed by atoms with E-state index in [1.165, 1.54) is 12.8 Å². The molecule has 1 saturated carbocycles. The number of hydrogen-bond donors (Lipinski definition) is 1. The number of fused-ring (bicyclic) bond motifs is 2. The van der Waals surface area contributed by atoms with E-state index in [0.717, 1.165) is 32.1 Å². The van der Waals surface area contributed by atoms with Crippen LogP contribution in [0.5, 0.6) is 0 Å². The normalized spacial score (nSPS) is 23.9. The van der Waals surface area contributed by atoms with Crippen LogP contribution < -0.4 is 5.32 Å². The number of ether oxygens (including phenoxy) is 2. The Kier molecular flexibility index (Phi) is 5.75. The van der Waals surface area contributed by atoms with Gasteiger partial charge < -0.3 is 14.8 Å². The quantitative estimate of drug-likeness (QED) is 0.522. The molecule has 1 atom stereocenters. The third kappa shape index (κ3) is 4.11. The molecule has 0 spiro atoms. The summed E-state index contributed by atoms with van der Waals surface area (Å²) in [5.41, 5.74) is 0.610. The fourth-order valence-corrected chi connectivity index (χ4v) is 4.33. The highest BCUT2D eigenvalue weighted by atomic mass is 32.1. The topological polar surface area (TPSA) is 80.2 Å². The fourth-order valence-electron chi connectivity index (χ4n) is 4.04. The van der Waals surface area contributed by atoms with Crippen LogP contribution in [0.4, 0.5) is 0 Å². The average Bonchev–Trinajstić information content (AvgIpc) is 3.33. The second-order valence-electron chi connectivity index (χ2n) is 7.59. The van der Waals surface area contributed by atoms with Gasteiger partial charge in [-0.3, -0.25) is 14.5 Å². The standard InChI is InChI=1S/C20H25N3O4S/c24-18(21-13-6-3-4-7-13)8-2-1-5-9-23-19(25)14-10-16-17(27-12-26-16)11-15(14)22-20(23)28/h10-11,13-14H,1-9,12H2,(H,21,24). The molecule has 4 rings (SSSR count). The van der Waals surface area contributed by atoms with Crippen molar-refractivity contribution in [3.63, 3.8) is 0 Å². The van der Waals surface area contributed by atoms with E-state index < -0.39 is 5.92 Å². The van der Waals surface area contributed by atoms with E-state index in [1.807, 2.05) is 0 Å². The lowest BCUT2D eigenvalue weighted by Gasteiger charge is -2.30. The second-order valence-corrected chi connectivity index (χ2v) is 7.96. The van der Waals surface area contributed by atoms with Crippen molar-refractivity contribution in [2.24, 2.45) is 10.9 Å². The molecular weight excluding hydrogens is 378 g/mol. The molecule has 2 amide bonds. The Bertz CT molecular complexity index is 767. The molecule has 2 heterocycles. The van der Waals surface area contributed by atoms with Gasteiger partial charge in [0.1, 0.15) is 5.92 Å². The SMILES string of the molecule is O=C(CCCCCN1C(=O)C2C=C3OCOC3=CC2=NC1=S)NC1CCCC1. The first-order chi connectivity index (χ1) is 13.6. The molecule has 0 aromatic heterocycles. The minimum Gasteiger partial charge on any atom is -0.454 e. The Hall–Kier alpha value is -2.22. The van der Waals surface area contributed by atoms with Gasteiger partial charge in [-0.05, 0) is 44.0 Å². The molecule has 1 saturated heterocycles. The van der Waals surface area contributed by atoms with E-state index >= 15 is 0 Å². The summed E-state index contributed by atoms with van der Waals surface area (Å²) in [5, 5.41) is 3.40. The van der Waals surface area contributed by atoms with Gasteiger partial charge in [-0.2, -0.15) is 0 Å². The largest absolute Gasteiger partial charge is 0.454 e. The summed E-state index contributed by atoms with van der Waals surface area (Å²) < 4.78 is 10.7. The van der Waals surface area contributed by atoms with Crippen LogP contribution in [0.1, 0.15) is 51.4 Å². The average molecular weight is 404 g/mol. The van der Waals surface area contributed by atoms with Crippen LogP contribution in [0.2, 0.25) is 0 Å². The zero-order chi connectivity index (χ0) is 19.5. The third-order valence-electron chi connectivity index (χ3n) is 5.58. The highest BCUT2D eigenvalue weighted by Gasteiger charge is 2.38. The van der Waals surface area contributed by atoms with E-state index in [0.29, 0.717) is 41.3 Å². The number of thiocarbonyl (C=S) groups is 1. The van der Waals surface area contributed by atoms with Crippen LogP contribution in [0.25, 0.3) is 0 Å². The van der Waals surface area contributed by atoms with Crippen LogP contribution in [0.3, 0.4) is 0 Å². The summed E-state index contributed by atoms with van der Waals surface area (Å²) in [4.78, 5) is 30.8. The number of carbonyl (C=O) groups excluding carboxylic acids is 2. The van der Waals surface area contributed by atoms with Gasteiger partial charge in [0.25, 0.3) is 0 Å². The Morgan fingerprint density at radius 1 is 1.21 bits per heavy atom. The lowest BCUT2D eigenvalue weighted by Crippen LogP contribution is -2.46. The monoisotopic (exact) mass is 403 g/mol. The molecule has 8 heteroatoms. The maximum Gasteiger partial charge on any atom is 0.241 e. The molecule has 4 aliphatic rings. The molecular formula is C20H25N3O4S. The summed E-state index contributed by atoms with van der Waals surface area (Å²) in [7, 11) is 0. The van der Waals surface area contributed by atoms with Crippen molar-refractivity contribution in [2.75, 3.05) is 13.3 Å². The molecule has 0 aromatic rings. The second kappa shape index (κ2) is 8.43. The summed E-state index contributed by atoms with van der Waals surface area (Å²) >= 11 is 5.32. The highest BCUT2D eigenvalue weighted by Crippen LogP contribution is 2.31. The first kappa shape index (κ1) is 19.1. The number of unbranched alkanes of at least 4 members (excludes halogenated alkanes) is 2. The Labute approximate surface area is 169 Å². The molecule has 0 aromatic carbocycles. The van der Waals surface area contributed by atoms with Crippen LogP contribution in [-0.2, 0) is 19.1 Å². The predicted molar refractivity (Wildman–Crippen MR) is 107 cm³/mol. The van der Waals surface area contributed by atoms with Crippen molar-refractivity contribution in [1.82, 2.24) is 10.2 Å². The molecule has 0 bridgehead atoms. The maximum absolute atomic E-state index is 12.8. The molecule has 28 heavy (non-hydrogen) atoms. The van der Waals surface area contributed by atoms with Crippen molar-refractivity contribution in [2.45, 2.75) is 57.4 Å². The van der Waals surface area contributed by atoms with Crippen molar-refractivity contribution < 1.29 is 19.1 Å². The molecule has 2 aliphatic heterocycles. The molecule has 2 aliphatic carbocycles.